The fourth-order valence-corrected chi connectivity index (χ4v) is 3.74. The van der Waals surface area contributed by atoms with Gasteiger partial charge in [0.05, 0.1) is 12.5 Å². The van der Waals surface area contributed by atoms with Gasteiger partial charge < -0.3 is 14.2 Å². The predicted octanol–water partition coefficient (Wildman–Crippen LogP) is 1.30. The molecule has 2 fully saturated rings. The van der Waals surface area contributed by atoms with E-state index in [4.69, 9.17) is 4.74 Å². The molecule has 7 heteroatoms. The van der Waals surface area contributed by atoms with E-state index in [0.29, 0.717) is 25.9 Å². The molecule has 0 spiro atoms. The number of ether oxygens (including phenoxy) is 1. The van der Waals surface area contributed by atoms with Gasteiger partial charge in [-0.3, -0.25) is 9.59 Å². The van der Waals surface area contributed by atoms with E-state index in [2.05, 4.69) is 0 Å². The number of aryl methyl sites for hydroxylation is 1. The number of amides is 3. The van der Waals surface area contributed by atoms with Crippen molar-refractivity contribution in [1.82, 2.24) is 14.4 Å². The highest BCUT2D eigenvalue weighted by Crippen LogP contribution is 2.24. The molecule has 1 atom stereocenters. The summed E-state index contributed by atoms with van der Waals surface area (Å²) in [5, 5.41) is 1.08. The molecule has 3 amide bonds. The largest absolute Gasteiger partial charge is 0.439 e. The summed E-state index contributed by atoms with van der Waals surface area (Å²) >= 11 is 0. The second-order valence-electron chi connectivity index (χ2n) is 6.56. The van der Waals surface area contributed by atoms with E-state index in [9.17, 15) is 14.4 Å². The summed E-state index contributed by atoms with van der Waals surface area (Å²) in [7, 11) is 1.97. The summed E-state index contributed by atoms with van der Waals surface area (Å²) in [4.78, 5) is 39.0. The number of imide groups is 1. The average molecular weight is 341 g/mol. The fraction of sp³-hybridized carbons (Fsp3) is 0.389. The van der Waals surface area contributed by atoms with Crippen molar-refractivity contribution >= 4 is 28.8 Å². The molecule has 1 aromatic carbocycles. The molecule has 0 radical (unpaired) electrons. The Kier molecular flexibility index (Phi) is 3.71. The lowest BCUT2D eigenvalue weighted by Crippen LogP contribution is -2.42. The van der Waals surface area contributed by atoms with Crippen LogP contribution in [-0.4, -0.2) is 58.0 Å². The smallest absolute Gasteiger partial charge is 0.417 e. The summed E-state index contributed by atoms with van der Waals surface area (Å²) in [6.45, 7) is 0.731. The molecule has 7 nitrogen and oxygen atoms in total. The zero-order chi connectivity index (χ0) is 17.6. The molecule has 2 aliphatic heterocycles. The number of aromatic nitrogens is 1. The summed E-state index contributed by atoms with van der Waals surface area (Å²) in [5.74, 6) is -0.308. The van der Waals surface area contributed by atoms with Crippen molar-refractivity contribution in [2.24, 2.45) is 7.05 Å². The molecular weight excluding hydrogens is 322 g/mol. The molecular formula is C18H19N3O4. The Balaban J connectivity index is 1.47. The fourth-order valence-electron chi connectivity index (χ4n) is 3.74. The number of para-hydroxylation sites is 1. The highest BCUT2D eigenvalue weighted by Gasteiger charge is 2.41. The second-order valence-corrected chi connectivity index (χ2v) is 6.56. The van der Waals surface area contributed by atoms with E-state index in [1.165, 1.54) is 0 Å². The minimum atomic E-state index is -0.599. The van der Waals surface area contributed by atoms with E-state index < -0.39 is 6.09 Å². The Morgan fingerprint density at radius 3 is 2.84 bits per heavy atom. The number of carbonyl (C=O) groups is 3. The topological polar surface area (TPSA) is 71.8 Å². The number of hydrogen-bond donors (Lipinski definition) is 0. The van der Waals surface area contributed by atoms with Gasteiger partial charge >= 0.3 is 6.09 Å². The lowest BCUT2D eigenvalue weighted by atomic mass is 10.1. The van der Waals surface area contributed by atoms with E-state index >= 15 is 0 Å². The second kappa shape index (κ2) is 5.91. The van der Waals surface area contributed by atoms with Crippen LogP contribution < -0.4 is 0 Å². The van der Waals surface area contributed by atoms with E-state index in [1.54, 1.807) is 4.90 Å². The number of rotatable bonds is 3. The van der Waals surface area contributed by atoms with Crippen LogP contribution in [0.5, 0.6) is 0 Å². The first-order valence-corrected chi connectivity index (χ1v) is 8.34. The maximum Gasteiger partial charge on any atom is 0.417 e. The first kappa shape index (κ1) is 15.7. The molecule has 2 saturated heterocycles. The van der Waals surface area contributed by atoms with E-state index in [0.717, 1.165) is 21.4 Å². The Bertz CT molecular complexity index is 856. The van der Waals surface area contributed by atoms with Crippen molar-refractivity contribution in [1.29, 1.82) is 0 Å². The number of benzene rings is 1. The van der Waals surface area contributed by atoms with Gasteiger partial charge in [-0.1, -0.05) is 18.2 Å². The van der Waals surface area contributed by atoms with Crippen molar-refractivity contribution in [3.63, 3.8) is 0 Å². The van der Waals surface area contributed by atoms with Gasteiger partial charge in [-0.05, 0) is 18.1 Å². The molecule has 0 N–H and O–H groups in total. The van der Waals surface area contributed by atoms with Crippen molar-refractivity contribution < 1.29 is 19.1 Å². The molecule has 0 aliphatic carbocycles. The molecule has 1 unspecified atom stereocenters. The first-order chi connectivity index (χ1) is 12.0. The summed E-state index contributed by atoms with van der Waals surface area (Å²) < 4.78 is 6.78. The van der Waals surface area contributed by atoms with Crippen LogP contribution in [0.15, 0.2) is 30.5 Å². The van der Waals surface area contributed by atoms with Gasteiger partial charge in [-0.2, -0.15) is 0 Å². The summed E-state index contributed by atoms with van der Waals surface area (Å²) in [6, 6.07) is 7.71. The molecule has 130 valence electrons. The van der Waals surface area contributed by atoms with Crippen molar-refractivity contribution in [2.45, 2.75) is 18.9 Å². The number of hydrogen-bond acceptors (Lipinski definition) is 4. The number of nitrogens with zero attached hydrogens (tertiary/aromatic N) is 3. The predicted molar refractivity (Wildman–Crippen MR) is 89.8 cm³/mol. The third kappa shape index (κ3) is 2.65. The number of carbonyl (C=O) groups excluding carboxylic acids is 3. The number of cyclic esters (lactones) is 1. The summed E-state index contributed by atoms with van der Waals surface area (Å²) in [5.41, 5.74) is 2.08. The third-order valence-corrected chi connectivity index (χ3v) is 4.99. The molecule has 25 heavy (non-hydrogen) atoms. The maximum atomic E-state index is 12.7. The Morgan fingerprint density at radius 1 is 1.28 bits per heavy atom. The number of fused-ring (bicyclic) bond motifs is 1. The molecule has 2 aromatic rings. The van der Waals surface area contributed by atoms with Gasteiger partial charge in [-0.25, -0.2) is 9.69 Å². The Labute approximate surface area is 144 Å². The highest BCUT2D eigenvalue weighted by atomic mass is 16.6. The molecule has 0 saturated carbocycles. The Morgan fingerprint density at radius 2 is 2.08 bits per heavy atom. The Hall–Kier alpha value is -2.83. The minimum Gasteiger partial charge on any atom is -0.439 e. The molecule has 2 aliphatic rings. The van der Waals surface area contributed by atoms with Crippen LogP contribution in [0, 0.1) is 0 Å². The van der Waals surface area contributed by atoms with Crippen LogP contribution in [0.3, 0.4) is 0 Å². The number of likely N-dealkylation sites (tertiary alicyclic amines) is 1. The van der Waals surface area contributed by atoms with Crippen LogP contribution in [0.25, 0.3) is 10.9 Å². The highest BCUT2D eigenvalue weighted by molar-refractivity contribution is 5.98. The standard InChI is InChI=1S/C18H19N3O4/c1-19-9-12(14-4-2-3-5-15(14)19)8-16(22)20-7-6-13(10-20)21-17(23)11-25-18(21)24/h2-5,9,13H,6-8,10-11H2,1H3. The minimum absolute atomic E-state index is 0.0128. The summed E-state index contributed by atoms with van der Waals surface area (Å²) in [6.07, 6.45) is 2.30. The van der Waals surface area contributed by atoms with Crippen LogP contribution in [0.1, 0.15) is 12.0 Å². The van der Waals surface area contributed by atoms with Gasteiger partial charge in [0.2, 0.25) is 5.91 Å². The third-order valence-electron chi connectivity index (χ3n) is 4.99. The van der Waals surface area contributed by atoms with Crippen LogP contribution in [0.2, 0.25) is 0 Å². The van der Waals surface area contributed by atoms with E-state index in [-0.39, 0.29) is 24.5 Å². The zero-order valence-corrected chi connectivity index (χ0v) is 14.0. The lowest BCUT2D eigenvalue weighted by Gasteiger charge is -2.20. The quantitative estimate of drug-likeness (QED) is 0.844. The molecule has 0 bridgehead atoms. The maximum absolute atomic E-state index is 12.7. The van der Waals surface area contributed by atoms with E-state index in [1.807, 2.05) is 42.1 Å². The van der Waals surface area contributed by atoms with Crippen LogP contribution >= 0.6 is 0 Å². The normalized spacial score (nSPS) is 20.6. The first-order valence-electron chi connectivity index (χ1n) is 8.34. The van der Waals surface area contributed by atoms with Crippen molar-refractivity contribution in [2.75, 3.05) is 19.7 Å². The van der Waals surface area contributed by atoms with Crippen LogP contribution in [-0.2, 0) is 27.8 Å². The van der Waals surface area contributed by atoms with Gasteiger partial charge in [0, 0.05) is 37.2 Å². The average Bonchev–Trinajstić information content (AvgIpc) is 3.28. The SMILES string of the molecule is Cn1cc(CC(=O)N2CCC(N3C(=O)COC3=O)C2)c2ccccc21. The molecule has 3 heterocycles. The lowest BCUT2D eigenvalue weighted by molar-refractivity contribution is -0.131. The zero-order valence-electron chi connectivity index (χ0n) is 14.0. The van der Waals surface area contributed by atoms with Gasteiger partial charge in [-0.15, -0.1) is 0 Å². The van der Waals surface area contributed by atoms with Gasteiger partial charge in [0.25, 0.3) is 5.91 Å². The monoisotopic (exact) mass is 341 g/mol. The van der Waals surface area contributed by atoms with Crippen molar-refractivity contribution in [3.8, 4) is 0 Å². The molecule has 4 rings (SSSR count). The van der Waals surface area contributed by atoms with Crippen LogP contribution in [0.4, 0.5) is 4.79 Å². The van der Waals surface area contributed by atoms with Gasteiger partial charge in [0.1, 0.15) is 0 Å². The van der Waals surface area contributed by atoms with Gasteiger partial charge in [0.15, 0.2) is 6.61 Å². The molecule has 1 aromatic heterocycles. The van der Waals surface area contributed by atoms with Crippen molar-refractivity contribution in [3.05, 3.63) is 36.0 Å².